The van der Waals surface area contributed by atoms with Crippen LogP contribution >= 0.6 is 0 Å². The first kappa shape index (κ1) is 16.8. The number of hydrogen-bond acceptors (Lipinski definition) is 3. The minimum absolute atomic E-state index is 0.531. The molecule has 114 valence electrons. The number of aliphatic hydroxyl groups is 1. The molecule has 0 aromatic heterocycles. The molecule has 0 aliphatic carbocycles. The predicted molar refractivity (Wildman–Crippen MR) is 85.6 cm³/mol. The molecule has 0 fully saturated rings. The molecule has 0 bridgehead atoms. The average molecular weight is 279 g/mol. The number of methoxy groups -OCH3 is 1. The van der Waals surface area contributed by atoms with Crippen molar-refractivity contribution in [3.05, 3.63) is 23.8 Å². The van der Waals surface area contributed by atoms with Crippen LogP contribution < -0.4 is 9.64 Å². The summed E-state index contributed by atoms with van der Waals surface area (Å²) in [4.78, 5) is 2.35. The van der Waals surface area contributed by atoms with Gasteiger partial charge in [0.15, 0.2) is 0 Å². The van der Waals surface area contributed by atoms with E-state index in [-0.39, 0.29) is 0 Å². The zero-order valence-electron chi connectivity index (χ0n) is 13.5. The zero-order chi connectivity index (χ0) is 15.1. The highest BCUT2D eigenvalue weighted by Crippen LogP contribution is 2.35. The van der Waals surface area contributed by atoms with Gasteiger partial charge >= 0.3 is 0 Å². The number of benzene rings is 1. The lowest BCUT2D eigenvalue weighted by Crippen LogP contribution is -2.30. The summed E-state index contributed by atoms with van der Waals surface area (Å²) in [6.45, 7) is 10.4. The Labute approximate surface area is 123 Å². The van der Waals surface area contributed by atoms with Gasteiger partial charge in [0.2, 0.25) is 0 Å². The second-order valence-electron chi connectivity index (χ2n) is 5.29. The maximum Gasteiger partial charge on any atom is 0.126 e. The minimum Gasteiger partial charge on any atom is -0.496 e. The molecule has 0 unspecified atom stereocenters. The Balaban J connectivity index is 3.14. The molecule has 1 aromatic rings. The first-order valence-electron chi connectivity index (χ1n) is 7.68. The van der Waals surface area contributed by atoms with Crippen LogP contribution in [0, 0.1) is 5.92 Å². The van der Waals surface area contributed by atoms with E-state index in [9.17, 15) is 5.11 Å². The van der Waals surface area contributed by atoms with E-state index in [2.05, 4.69) is 31.7 Å². The molecule has 0 aliphatic rings. The fourth-order valence-electron chi connectivity index (χ4n) is 2.66. The molecule has 3 heteroatoms. The van der Waals surface area contributed by atoms with Gasteiger partial charge in [0.05, 0.1) is 13.2 Å². The van der Waals surface area contributed by atoms with Crippen molar-refractivity contribution < 1.29 is 9.84 Å². The third-order valence-electron chi connectivity index (χ3n) is 4.04. The Morgan fingerprint density at radius 2 is 1.85 bits per heavy atom. The summed E-state index contributed by atoms with van der Waals surface area (Å²) in [5, 5.41) is 10.1. The van der Waals surface area contributed by atoms with E-state index in [1.54, 1.807) is 14.0 Å². The Bertz CT molecular complexity index is 400. The number of nitrogens with zero attached hydrogens (tertiary/aromatic N) is 1. The van der Waals surface area contributed by atoms with Gasteiger partial charge in [-0.25, -0.2) is 0 Å². The largest absolute Gasteiger partial charge is 0.496 e. The molecule has 1 aromatic carbocycles. The van der Waals surface area contributed by atoms with Crippen molar-refractivity contribution in [2.45, 2.75) is 46.6 Å². The average Bonchev–Trinajstić information content (AvgIpc) is 2.47. The topological polar surface area (TPSA) is 32.7 Å². The molecule has 1 rings (SSSR count). The normalized spacial score (nSPS) is 12.6. The number of ether oxygens (including phenoxy) is 1. The fourth-order valence-corrected chi connectivity index (χ4v) is 2.66. The second kappa shape index (κ2) is 8.15. The fraction of sp³-hybridized carbons (Fsp3) is 0.647. The number of anilines is 1. The molecule has 3 nitrogen and oxygen atoms in total. The summed E-state index contributed by atoms with van der Waals surface area (Å²) in [6, 6.07) is 5.99. The van der Waals surface area contributed by atoms with Crippen LogP contribution in [0.1, 0.15) is 52.2 Å². The van der Waals surface area contributed by atoms with Crippen LogP contribution in [0.15, 0.2) is 18.2 Å². The Morgan fingerprint density at radius 1 is 1.20 bits per heavy atom. The van der Waals surface area contributed by atoms with Crippen molar-refractivity contribution in [3.8, 4) is 5.75 Å². The molecule has 0 radical (unpaired) electrons. The van der Waals surface area contributed by atoms with E-state index in [0.29, 0.717) is 5.92 Å². The smallest absolute Gasteiger partial charge is 0.126 e. The Morgan fingerprint density at radius 3 is 2.30 bits per heavy atom. The van der Waals surface area contributed by atoms with Crippen molar-refractivity contribution in [2.75, 3.05) is 25.1 Å². The van der Waals surface area contributed by atoms with E-state index in [1.165, 1.54) is 12.8 Å². The van der Waals surface area contributed by atoms with Gasteiger partial charge in [-0.3, -0.25) is 0 Å². The van der Waals surface area contributed by atoms with E-state index < -0.39 is 6.10 Å². The summed E-state index contributed by atoms with van der Waals surface area (Å²) in [5.74, 6) is 1.45. The van der Waals surface area contributed by atoms with Gasteiger partial charge in [-0.1, -0.05) is 32.8 Å². The molecule has 0 saturated carbocycles. The van der Waals surface area contributed by atoms with Crippen LogP contribution in [0.5, 0.6) is 5.75 Å². The van der Waals surface area contributed by atoms with Gasteiger partial charge in [0.1, 0.15) is 5.75 Å². The molecular formula is C17H29NO2. The SMILES string of the molecule is CCC(CC)CN(CC)c1cccc(OC)c1[C@@H](C)O. The minimum atomic E-state index is -0.531. The van der Waals surface area contributed by atoms with Gasteiger partial charge in [0, 0.05) is 24.3 Å². The lowest BCUT2D eigenvalue weighted by atomic mass is 10.0. The first-order valence-corrected chi connectivity index (χ1v) is 7.68. The molecule has 0 amide bonds. The van der Waals surface area contributed by atoms with Crippen LogP contribution in [0.2, 0.25) is 0 Å². The first-order chi connectivity index (χ1) is 9.58. The van der Waals surface area contributed by atoms with Gasteiger partial charge in [-0.05, 0) is 31.9 Å². The molecular weight excluding hydrogens is 250 g/mol. The van der Waals surface area contributed by atoms with Crippen LogP contribution in [-0.2, 0) is 0 Å². The number of aliphatic hydroxyl groups excluding tert-OH is 1. The standard InChI is InChI=1S/C17H29NO2/c1-6-14(7-2)12-18(8-3)15-10-9-11-16(20-5)17(15)13(4)19/h9-11,13-14,19H,6-8,12H2,1-5H3/t13-/m1/s1. The van der Waals surface area contributed by atoms with Crippen molar-refractivity contribution in [2.24, 2.45) is 5.92 Å². The lowest BCUT2D eigenvalue weighted by molar-refractivity contribution is 0.194. The summed E-state index contributed by atoms with van der Waals surface area (Å²) in [5.41, 5.74) is 1.98. The quantitative estimate of drug-likeness (QED) is 0.780. The highest BCUT2D eigenvalue weighted by molar-refractivity contribution is 5.60. The van der Waals surface area contributed by atoms with E-state index in [0.717, 1.165) is 30.1 Å². The van der Waals surface area contributed by atoms with Crippen molar-refractivity contribution >= 4 is 5.69 Å². The molecule has 0 spiro atoms. The third kappa shape index (κ3) is 3.89. The number of rotatable bonds is 8. The molecule has 1 atom stereocenters. The second-order valence-corrected chi connectivity index (χ2v) is 5.29. The van der Waals surface area contributed by atoms with E-state index >= 15 is 0 Å². The van der Waals surface area contributed by atoms with Crippen LogP contribution in [0.3, 0.4) is 0 Å². The number of hydrogen-bond donors (Lipinski definition) is 1. The summed E-state index contributed by atoms with van der Waals surface area (Å²) >= 11 is 0. The van der Waals surface area contributed by atoms with E-state index in [4.69, 9.17) is 4.74 Å². The van der Waals surface area contributed by atoms with Gasteiger partial charge in [-0.2, -0.15) is 0 Å². The Hall–Kier alpha value is -1.22. The lowest BCUT2D eigenvalue weighted by Gasteiger charge is -2.30. The Kier molecular flexibility index (Phi) is 6.86. The third-order valence-corrected chi connectivity index (χ3v) is 4.04. The molecule has 0 aliphatic heterocycles. The molecule has 20 heavy (non-hydrogen) atoms. The van der Waals surface area contributed by atoms with Crippen molar-refractivity contribution in [3.63, 3.8) is 0 Å². The highest BCUT2D eigenvalue weighted by Gasteiger charge is 2.19. The summed E-state index contributed by atoms with van der Waals surface area (Å²) in [7, 11) is 1.65. The van der Waals surface area contributed by atoms with Crippen LogP contribution in [0.25, 0.3) is 0 Å². The van der Waals surface area contributed by atoms with E-state index in [1.807, 2.05) is 12.1 Å². The van der Waals surface area contributed by atoms with Crippen molar-refractivity contribution in [1.82, 2.24) is 0 Å². The summed E-state index contributed by atoms with van der Waals surface area (Å²) in [6.07, 6.45) is 1.83. The zero-order valence-corrected chi connectivity index (χ0v) is 13.5. The monoisotopic (exact) mass is 279 g/mol. The van der Waals surface area contributed by atoms with Gasteiger partial charge < -0.3 is 14.7 Å². The highest BCUT2D eigenvalue weighted by atomic mass is 16.5. The predicted octanol–water partition coefficient (Wildman–Crippen LogP) is 4.01. The molecule has 0 saturated heterocycles. The molecule has 1 N–H and O–H groups in total. The summed E-state index contributed by atoms with van der Waals surface area (Å²) < 4.78 is 5.41. The van der Waals surface area contributed by atoms with Crippen LogP contribution in [0.4, 0.5) is 5.69 Å². The van der Waals surface area contributed by atoms with Gasteiger partial charge in [-0.15, -0.1) is 0 Å². The molecule has 0 heterocycles. The maximum absolute atomic E-state index is 10.1. The van der Waals surface area contributed by atoms with Crippen LogP contribution in [-0.4, -0.2) is 25.3 Å². The van der Waals surface area contributed by atoms with Gasteiger partial charge in [0.25, 0.3) is 0 Å². The maximum atomic E-state index is 10.1. The van der Waals surface area contributed by atoms with Crippen molar-refractivity contribution in [1.29, 1.82) is 0 Å².